The third-order valence-corrected chi connectivity index (χ3v) is 2.66. The molecule has 4 nitrogen and oxygen atoms in total. The van der Waals surface area contributed by atoms with Crippen molar-refractivity contribution in [1.82, 2.24) is 4.90 Å². The first-order valence-electron chi connectivity index (χ1n) is 4.41. The largest absolute Gasteiger partial charge is 0.392 e. The number of rotatable bonds is 2. The molecule has 2 aliphatic rings. The lowest BCUT2D eigenvalue weighted by Crippen LogP contribution is -2.41. The maximum atomic E-state index is 11.0. The molecule has 1 aliphatic carbocycles. The summed E-state index contributed by atoms with van der Waals surface area (Å²) in [6.45, 7) is 0.623. The monoisotopic (exact) mass is 170 g/mol. The standard InChI is InChI=1S/C8H14N2O2/c9-8(12)7-3-6(11)4-10(7)5-1-2-5/h5-7,11H,1-4H2,(H2,9,12)/t6-,7+/m1/s1. The Hall–Kier alpha value is -0.610. The van der Waals surface area contributed by atoms with E-state index in [2.05, 4.69) is 0 Å². The first kappa shape index (κ1) is 8.01. The van der Waals surface area contributed by atoms with Crippen LogP contribution >= 0.6 is 0 Å². The fourth-order valence-electron chi connectivity index (χ4n) is 1.93. The van der Waals surface area contributed by atoms with Crippen molar-refractivity contribution in [2.45, 2.75) is 37.5 Å². The van der Waals surface area contributed by atoms with Gasteiger partial charge in [0.05, 0.1) is 12.1 Å². The lowest BCUT2D eigenvalue weighted by molar-refractivity contribution is -0.122. The van der Waals surface area contributed by atoms with Crippen molar-refractivity contribution in [2.24, 2.45) is 5.73 Å². The van der Waals surface area contributed by atoms with Gasteiger partial charge in [-0.05, 0) is 19.3 Å². The van der Waals surface area contributed by atoms with Crippen LogP contribution < -0.4 is 5.73 Å². The second-order valence-corrected chi connectivity index (χ2v) is 3.74. The Bertz CT molecular complexity index is 203. The third-order valence-electron chi connectivity index (χ3n) is 2.66. The summed E-state index contributed by atoms with van der Waals surface area (Å²) in [5.41, 5.74) is 5.22. The van der Waals surface area contributed by atoms with Crippen LogP contribution in [0.2, 0.25) is 0 Å². The maximum Gasteiger partial charge on any atom is 0.234 e. The number of nitrogens with two attached hydrogens (primary N) is 1. The van der Waals surface area contributed by atoms with Gasteiger partial charge in [0.25, 0.3) is 0 Å². The number of aliphatic hydroxyl groups excluding tert-OH is 1. The minimum atomic E-state index is -0.358. The Morgan fingerprint density at radius 2 is 2.17 bits per heavy atom. The van der Waals surface area contributed by atoms with Gasteiger partial charge in [-0.3, -0.25) is 9.69 Å². The molecule has 0 bridgehead atoms. The highest BCUT2D eigenvalue weighted by atomic mass is 16.3. The van der Waals surface area contributed by atoms with Crippen molar-refractivity contribution >= 4 is 5.91 Å². The number of hydrogen-bond donors (Lipinski definition) is 2. The molecule has 68 valence electrons. The number of primary amides is 1. The van der Waals surface area contributed by atoms with Crippen LogP contribution in [0.4, 0.5) is 0 Å². The Labute approximate surface area is 71.3 Å². The molecule has 2 atom stereocenters. The van der Waals surface area contributed by atoms with Crippen LogP contribution in [-0.2, 0) is 4.79 Å². The van der Waals surface area contributed by atoms with Gasteiger partial charge in [-0.15, -0.1) is 0 Å². The number of likely N-dealkylation sites (tertiary alicyclic amines) is 1. The van der Waals surface area contributed by atoms with E-state index in [0.717, 1.165) is 12.8 Å². The van der Waals surface area contributed by atoms with E-state index in [0.29, 0.717) is 19.0 Å². The number of nitrogens with zero attached hydrogens (tertiary/aromatic N) is 1. The van der Waals surface area contributed by atoms with Crippen molar-refractivity contribution < 1.29 is 9.90 Å². The molecule has 1 aliphatic heterocycles. The number of aliphatic hydroxyl groups is 1. The summed E-state index contributed by atoms with van der Waals surface area (Å²) in [6.07, 6.45) is 2.46. The third kappa shape index (κ3) is 1.32. The maximum absolute atomic E-state index is 11.0. The van der Waals surface area contributed by atoms with E-state index < -0.39 is 0 Å². The van der Waals surface area contributed by atoms with Gasteiger partial charge >= 0.3 is 0 Å². The van der Waals surface area contributed by atoms with Gasteiger partial charge in [0.1, 0.15) is 0 Å². The van der Waals surface area contributed by atoms with Crippen LogP contribution in [-0.4, -0.2) is 40.6 Å². The Morgan fingerprint density at radius 1 is 1.50 bits per heavy atom. The SMILES string of the molecule is NC(=O)[C@@H]1C[C@@H](O)CN1C1CC1. The lowest BCUT2D eigenvalue weighted by atomic mass is 10.2. The summed E-state index contributed by atoms with van der Waals surface area (Å²) in [5, 5.41) is 9.35. The summed E-state index contributed by atoms with van der Waals surface area (Å²) < 4.78 is 0. The smallest absolute Gasteiger partial charge is 0.234 e. The van der Waals surface area contributed by atoms with Crippen molar-refractivity contribution in [3.05, 3.63) is 0 Å². The second kappa shape index (κ2) is 2.71. The van der Waals surface area contributed by atoms with E-state index in [9.17, 15) is 9.90 Å². The molecule has 1 saturated heterocycles. The molecule has 2 rings (SSSR count). The van der Waals surface area contributed by atoms with Gasteiger partial charge < -0.3 is 10.8 Å². The van der Waals surface area contributed by atoms with Gasteiger partial charge in [0, 0.05) is 12.6 Å². The Morgan fingerprint density at radius 3 is 2.67 bits per heavy atom. The Balaban J connectivity index is 2.04. The number of amides is 1. The predicted molar refractivity (Wildman–Crippen MR) is 43.3 cm³/mol. The van der Waals surface area contributed by atoms with Crippen molar-refractivity contribution in [1.29, 1.82) is 0 Å². The van der Waals surface area contributed by atoms with E-state index in [4.69, 9.17) is 5.73 Å². The summed E-state index contributed by atoms with van der Waals surface area (Å²) in [5.74, 6) is -0.293. The molecule has 0 aromatic carbocycles. The zero-order valence-corrected chi connectivity index (χ0v) is 6.94. The lowest BCUT2D eigenvalue weighted by Gasteiger charge is -2.20. The summed E-state index contributed by atoms with van der Waals surface area (Å²) in [4.78, 5) is 13.0. The van der Waals surface area contributed by atoms with Gasteiger partial charge in [-0.1, -0.05) is 0 Å². The molecule has 1 saturated carbocycles. The molecule has 4 heteroatoms. The van der Waals surface area contributed by atoms with Crippen molar-refractivity contribution in [3.8, 4) is 0 Å². The molecule has 0 radical (unpaired) electrons. The van der Waals surface area contributed by atoms with Gasteiger partial charge in [-0.2, -0.15) is 0 Å². The van der Waals surface area contributed by atoms with E-state index in [1.165, 1.54) is 0 Å². The molecule has 1 heterocycles. The average Bonchev–Trinajstić information content (AvgIpc) is 2.75. The van der Waals surface area contributed by atoms with Gasteiger partial charge in [0.15, 0.2) is 0 Å². The van der Waals surface area contributed by atoms with Crippen LogP contribution in [0.1, 0.15) is 19.3 Å². The second-order valence-electron chi connectivity index (χ2n) is 3.74. The number of carbonyl (C=O) groups is 1. The first-order valence-corrected chi connectivity index (χ1v) is 4.41. The van der Waals surface area contributed by atoms with E-state index in [1.54, 1.807) is 0 Å². The highest BCUT2D eigenvalue weighted by Crippen LogP contribution is 2.33. The zero-order valence-electron chi connectivity index (χ0n) is 6.94. The van der Waals surface area contributed by atoms with Crippen LogP contribution in [0.3, 0.4) is 0 Å². The average molecular weight is 170 g/mol. The quantitative estimate of drug-likeness (QED) is 0.562. The summed E-state index contributed by atoms with van der Waals surface area (Å²) in [6, 6.07) is 0.298. The van der Waals surface area contributed by atoms with Crippen molar-refractivity contribution in [3.63, 3.8) is 0 Å². The van der Waals surface area contributed by atoms with Gasteiger partial charge in [-0.25, -0.2) is 0 Å². The fraction of sp³-hybridized carbons (Fsp3) is 0.875. The molecule has 2 fully saturated rings. The van der Waals surface area contributed by atoms with E-state index in [-0.39, 0.29) is 18.1 Å². The highest BCUT2D eigenvalue weighted by molar-refractivity contribution is 5.80. The zero-order chi connectivity index (χ0) is 8.72. The summed E-state index contributed by atoms with van der Waals surface area (Å²) in [7, 11) is 0. The van der Waals surface area contributed by atoms with E-state index >= 15 is 0 Å². The molecule has 0 aromatic heterocycles. The molecule has 3 N–H and O–H groups in total. The van der Waals surface area contributed by atoms with Crippen LogP contribution in [0.25, 0.3) is 0 Å². The van der Waals surface area contributed by atoms with Crippen LogP contribution in [0.5, 0.6) is 0 Å². The minimum Gasteiger partial charge on any atom is -0.392 e. The molecule has 0 spiro atoms. The minimum absolute atomic E-state index is 0.215. The van der Waals surface area contributed by atoms with Crippen molar-refractivity contribution in [2.75, 3.05) is 6.54 Å². The Kier molecular flexibility index (Phi) is 1.81. The molecular formula is C8H14N2O2. The molecule has 0 unspecified atom stereocenters. The normalized spacial score (nSPS) is 37.1. The van der Waals surface area contributed by atoms with Gasteiger partial charge in [0.2, 0.25) is 5.91 Å². The number of hydrogen-bond acceptors (Lipinski definition) is 3. The first-order chi connectivity index (χ1) is 5.68. The summed E-state index contributed by atoms with van der Waals surface area (Å²) >= 11 is 0. The molecule has 12 heavy (non-hydrogen) atoms. The van der Waals surface area contributed by atoms with E-state index in [1.807, 2.05) is 4.90 Å². The highest BCUT2D eigenvalue weighted by Gasteiger charge is 2.42. The predicted octanol–water partition coefficient (Wildman–Crippen LogP) is -0.931. The molecule has 1 amide bonds. The number of β-amino-alcohol motifs (C(OH)–C–C–N with tert-alkyl or cyclic N) is 1. The van der Waals surface area contributed by atoms with Crippen LogP contribution in [0, 0.1) is 0 Å². The van der Waals surface area contributed by atoms with Crippen LogP contribution in [0.15, 0.2) is 0 Å². The fourth-order valence-corrected chi connectivity index (χ4v) is 1.93. The molecular weight excluding hydrogens is 156 g/mol. The number of carbonyl (C=O) groups excluding carboxylic acids is 1. The molecule has 0 aromatic rings. The topological polar surface area (TPSA) is 66.6 Å².